The van der Waals surface area contributed by atoms with Crippen LogP contribution in [-0.2, 0) is 14.6 Å². The molecule has 0 fully saturated rings. The molecule has 0 aliphatic rings. The van der Waals surface area contributed by atoms with E-state index in [1.165, 1.54) is 12.1 Å². The topological polar surface area (TPSA) is 66.5 Å². The predicted molar refractivity (Wildman–Crippen MR) is 86.1 cm³/mol. The van der Waals surface area contributed by atoms with E-state index in [2.05, 4.69) is 5.43 Å². The normalized spacial score (nSPS) is 11.0. The van der Waals surface area contributed by atoms with Gasteiger partial charge in [0.2, 0.25) is 5.91 Å². The lowest BCUT2D eigenvalue weighted by molar-refractivity contribution is -0.120. The minimum atomic E-state index is -3.44. The second-order valence-electron chi connectivity index (χ2n) is 4.81. The average molecular weight is 318 g/mol. The number of carbonyl (C=O) groups excluding carboxylic acids is 1. The molecule has 22 heavy (non-hydrogen) atoms. The van der Waals surface area contributed by atoms with Crippen molar-refractivity contribution in [2.75, 3.05) is 17.8 Å². The molecular weight excluding hydrogens is 300 g/mol. The van der Waals surface area contributed by atoms with Gasteiger partial charge in [-0.05, 0) is 24.3 Å². The highest BCUT2D eigenvalue weighted by Gasteiger charge is 2.16. The minimum absolute atomic E-state index is 0.0889. The van der Waals surface area contributed by atoms with E-state index in [0.717, 1.165) is 5.69 Å². The number of benzene rings is 2. The third-order valence-corrected chi connectivity index (χ3v) is 4.87. The van der Waals surface area contributed by atoms with E-state index in [0.29, 0.717) is 0 Å². The van der Waals surface area contributed by atoms with Crippen LogP contribution in [-0.4, -0.2) is 27.1 Å². The standard InChI is InChI=1S/C16H18N2O3S/c1-18(14-8-4-2-5-9-14)17-16(19)12-13-22(20,21)15-10-6-3-7-11-15/h2-11H,12-13H2,1H3,(H,17,19). The van der Waals surface area contributed by atoms with Crippen molar-refractivity contribution in [3.63, 3.8) is 0 Å². The third-order valence-electron chi connectivity index (χ3n) is 3.14. The van der Waals surface area contributed by atoms with Gasteiger partial charge in [0.05, 0.1) is 16.3 Å². The van der Waals surface area contributed by atoms with Crippen LogP contribution >= 0.6 is 0 Å². The van der Waals surface area contributed by atoms with Crippen LogP contribution in [0.4, 0.5) is 5.69 Å². The number of amides is 1. The molecule has 0 saturated heterocycles. The van der Waals surface area contributed by atoms with Crippen LogP contribution in [0.2, 0.25) is 0 Å². The molecule has 5 nitrogen and oxygen atoms in total. The monoisotopic (exact) mass is 318 g/mol. The summed E-state index contributed by atoms with van der Waals surface area (Å²) < 4.78 is 24.2. The zero-order valence-corrected chi connectivity index (χ0v) is 13.1. The Morgan fingerprint density at radius 3 is 2.14 bits per heavy atom. The number of carbonyl (C=O) groups is 1. The lowest BCUT2D eigenvalue weighted by Crippen LogP contribution is -2.40. The fourth-order valence-corrected chi connectivity index (χ4v) is 3.19. The molecule has 0 atom stereocenters. The van der Waals surface area contributed by atoms with E-state index in [9.17, 15) is 13.2 Å². The average Bonchev–Trinajstić information content (AvgIpc) is 2.55. The lowest BCUT2D eigenvalue weighted by atomic mass is 10.3. The number of rotatable bonds is 6. The van der Waals surface area contributed by atoms with Gasteiger partial charge in [0.1, 0.15) is 0 Å². The zero-order chi connectivity index (χ0) is 16.0. The molecule has 0 aromatic heterocycles. The van der Waals surface area contributed by atoms with Crippen LogP contribution in [0.5, 0.6) is 0 Å². The number of sulfone groups is 1. The number of nitrogens with one attached hydrogen (secondary N) is 1. The Morgan fingerprint density at radius 1 is 1.00 bits per heavy atom. The number of para-hydroxylation sites is 1. The van der Waals surface area contributed by atoms with Crippen molar-refractivity contribution in [1.82, 2.24) is 5.43 Å². The molecule has 0 spiro atoms. The molecular formula is C16H18N2O3S. The molecule has 1 N–H and O–H groups in total. The third kappa shape index (κ3) is 4.33. The minimum Gasteiger partial charge on any atom is -0.289 e. The van der Waals surface area contributed by atoms with Crippen molar-refractivity contribution in [2.45, 2.75) is 11.3 Å². The van der Waals surface area contributed by atoms with Crippen LogP contribution < -0.4 is 10.4 Å². The van der Waals surface area contributed by atoms with Crippen molar-refractivity contribution in [2.24, 2.45) is 0 Å². The molecule has 0 saturated carbocycles. The highest BCUT2D eigenvalue weighted by Crippen LogP contribution is 2.12. The summed E-state index contributed by atoms with van der Waals surface area (Å²) in [5.41, 5.74) is 3.47. The second kappa shape index (κ2) is 7.09. The Bertz CT molecular complexity index is 716. The smallest absolute Gasteiger partial charge is 0.239 e. The number of anilines is 1. The van der Waals surface area contributed by atoms with Crippen molar-refractivity contribution in [3.8, 4) is 0 Å². The highest BCUT2D eigenvalue weighted by atomic mass is 32.2. The van der Waals surface area contributed by atoms with Crippen LogP contribution in [0.3, 0.4) is 0 Å². The summed E-state index contributed by atoms with van der Waals surface area (Å²) in [7, 11) is -1.73. The van der Waals surface area contributed by atoms with E-state index in [4.69, 9.17) is 0 Å². The Labute approximate surface area is 130 Å². The van der Waals surface area contributed by atoms with Crippen molar-refractivity contribution in [1.29, 1.82) is 0 Å². The number of nitrogens with zero attached hydrogens (tertiary/aromatic N) is 1. The summed E-state index contributed by atoms with van der Waals surface area (Å²) in [5.74, 6) is -0.559. The summed E-state index contributed by atoms with van der Waals surface area (Å²) in [6.07, 6.45) is -0.0889. The molecule has 6 heteroatoms. The number of hydrazine groups is 1. The molecule has 0 bridgehead atoms. The largest absolute Gasteiger partial charge is 0.289 e. The van der Waals surface area contributed by atoms with Crippen molar-refractivity contribution >= 4 is 21.4 Å². The summed E-state index contributed by atoms with van der Waals surface area (Å²) >= 11 is 0. The first-order valence-corrected chi connectivity index (χ1v) is 8.50. The fraction of sp³-hybridized carbons (Fsp3) is 0.188. The highest BCUT2D eigenvalue weighted by molar-refractivity contribution is 7.91. The SMILES string of the molecule is CN(NC(=O)CCS(=O)(=O)c1ccccc1)c1ccccc1. The molecule has 0 unspecified atom stereocenters. The van der Waals surface area contributed by atoms with Crippen LogP contribution in [0.25, 0.3) is 0 Å². The molecule has 2 aromatic carbocycles. The van der Waals surface area contributed by atoms with E-state index in [1.807, 2.05) is 30.3 Å². The van der Waals surface area contributed by atoms with E-state index in [1.54, 1.807) is 30.3 Å². The van der Waals surface area contributed by atoms with Crippen molar-refractivity contribution < 1.29 is 13.2 Å². The Kier molecular flexibility index (Phi) is 5.16. The lowest BCUT2D eigenvalue weighted by Gasteiger charge is -2.20. The molecule has 2 rings (SSSR count). The maximum atomic E-state index is 12.1. The van der Waals surface area contributed by atoms with Gasteiger partial charge in [-0.1, -0.05) is 36.4 Å². The summed E-state index contributed by atoms with van der Waals surface area (Å²) in [4.78, 5) is 12.1. The maximum absolute atomic E-state index is 12.1. The van der Waals surface area contributed by atoms with E-state index >= 15 is 0 Å². The first kappa shape index (κ1) is 16.0. The maximum Gasteiger partial charge on any atom is 0.239 e. The fourth-order valence-electron chi connectivity index (χ4n) is 1.93. The van der Waals surface area contributed by atoms with Crippen LogP contribution in [0.1, 0.15) is 6.42 Å². The molecule has 1 amide bonds. The quantitative estimate of drug-likeness (QED) is 0.828. The van der Waals surface area contributed by atoms with Gasteiger partial charge in [-0.3, -0.25) is 15.2 Å². The zero-order valence-electron chi connectivity index (χ0n) is 12.3. The van der Waals surface area contributed by atoms with Gasteiger partial charge in [-0.25, -0.2) is 8.42 Å². The predicted octanol–water partition coefficient (Wildman–Crippen LogP) is 2.02. The molecule has 2 aromatic rings. The Balaban J connectivity index is 1.91. The summed E-state index contributed by atoms with van der Waals surface area (Å²) in [6, 6.07) is 17.4. The van der Waals surface area contributed by atoms with Gasteiger partial charge in [0, 0.05) is 13.5 Å². The van der Waals surface area contributed by atoms with Gasteiger partial charge in [0.15, 0.2) is 9.84 Å². The van der Waals surface area contributed by atoms with Gasteiger partial charge < -0.3 is 0 Å². The first-order chi connectivity index (χ1) is 10.5. The number of hydrogen-bond donors (Lipinski definition) is 1. The van der Waals surface area contributed by atoms with E-state index < -0.39 is 9.84 Å². The molecule has 116 valence electrons. The van der Waals surface area contributed by atoms with Crippen molar-refractivity contribution in [3.05, 3.63) is 60.7 Å². The Hall–Kier alpha value is -2.34. The molecule has 0 heterocycles. The van der Waals surface area contributed by atoms with Gasteiger partial charge in [-0.15, -0.1) is 0 Å². The first-order valence-electron chi connectivity index (χ1n) is 6.85. The Morgan fingerprint density at radius 2 is 1.55 bits per heavy atom. The molecule has 0 radical (unpaired) electrons. The summed E-state index contributed by atoms with van der Waals surface area (Å²) in [5, 5.41) is 1.57. The molecule has 0 aliphatic carbocycles. The molecule has 0 aliphatic heterocycles. The van der Waals surface area contributed by atoms with Crippen LogP contribution in [0.15, 0.2) is 65.6 Å². The summed E-state index contributed by atoms with van der Waals surface area (Å²) in [6.45, 7) is 0. The van der Waals surface area contributed by atoms with Gasteiger partial charge in [-0.2, -0.15) is 0 Å². The second-order valence-corrected chi connectivity index (χ2v) is 6.92. The number of hydrogen-bond acceptors (Lipinski definition) is 4. The van der Waals surface area contributed by atoms with Gasteiger partial charge in [0.25, 0.3) is 0 Å². The van der Waals surface area contributed by atoms with Gasteiger partial charge >= 0.3 is 0 Å². The van der Waals surface area contributed by atoms with E-state index in [-0.39, 0.29) is 23.0 Å². The van der Waals surface area contributed by atoms with Crippen LogP contribution in [0, 0.1) is 0 Å².